The van der Waals surface area contributed by atoms with Crippen LogP contribution in [0.1, 0.15) is 46.5 Å². The van der Waals surface area contributed by atoms with Gasteiger partial charge < -0.3 is 0 Å². The molecule has 78 valence electrons. The monoisotopic (exact) mass is 190 g/mol. The maximum absolute atomic E-state index is 4.40. The highest BCUT2D eigenvalue weighted by Crippen LogP contribution is 2.74. The van der Waals surface area contributed by atoms with E-state index in [1.165, 1.54) is 25.7 Å². The van der Waals surface area contributed by atoms with Crippen LogP contribution in [0.2, 0.25) is 0 Å². The SMILES string of the molecule is C=C1[C@@H]2C[C@@H]3[C@@H](C)CC[C@@]1(C)[C@]3(C)C2. The van der Waals surface area contributed by atoms with Gasteiger partial charge in [0.2, 0.25) is 0 Å². The molecule has 14 heavy (non-hydrogen) atoms. The highest BCUT2D eigenvalue weighted by atomic mass is 14.7. The van der Waals surface area contributed by atoms with Gasteiger partial charge in [-0.2, -0.15) is 0 Å². The Kier molecular flexibility index (Phi) is 1.47. The van der Waals surface area contributed by atoms with Crippen molar-refractivity contribution in [2.24, 2.45) is 28.6 Å². The molecule has 5 atom stereocenters. The second kappa shape index (κ2) is 2.28. The lowest BCUT2D eigenvalue weighted by molar-refractivity contribution is -0.0168. The van der Waals surface area contributed by atoms with E-state index in [2.05, 4.69) is 27.4 Å². The molecule has 0 aromatic heterocycles. The second-order valence-corrected chi connectivity index (χ2v) is 6.53. The molecule has 0 aliphatic heterocycles. The van der Waals surface area contributed by atoms with Crippen LogP contribution in [0.3, 0.4) is 0 Å². The van der Waals surface area contributed by atoms with Crippen molar-refractivity contribution in [1.82, 2.24) is 0 Å². The minimum Gasteiger partial charge on any atom is -0.0990 e. The first-order chi connectivity index (χ1) is 6.49. The number of allylic oxidation sites excluding steroid dienone is 1. The van der Waals surface area contributed by atoms with E-state index in [1.54, 1.807) is 5.57 Å². The summed E-state index contributed by atoms with van der Waals surface area (Å²) in [7, 11) is 0. The summed E-state index contributed by atoms with van der Waals surface area (Å²) < 4.78 is 0. The maximum Gasteiger partial charge on any atom is -0.00595 e. The third-order valence-corrected chi connectivity index (χ3v) is 6.28. The highest BCUT2D eigenvalue weighted by Gasteiger charge is 2.65. The zero-order chi connectivity index (χ0) is 10.1. The van der Waals surface area contributed by atoms with Crippen molar-refractivity contribution in [3.8, 4) is 0 Å². The van der Waals surface area contributed by atoms with Crippen molar-refractivity contribution in [3.63, 3.8) is 0 Å². The van der Waals surface area contributed by atoms with Crippen molar-refractivity contribution in [3.05, 3.63) is 12.2 Å². The largest absolute Gasteiger partial charge is 0.0990 e. The lowest BCUT2D eigenvalue weighted by atomic mass is 9.50. The third kappa shape index (κ3) is 0.708. The van der Waals surface area contributed by atoms with Gasteiger partial charge in [0.05, 0.1) is 0 Å². The summed E-state index contributed by atoms with van der Waals surface area (Å²) in [5.41, 5.74) is 2.70. The van der Waals surface area contributed by atoms with Crippen molar-refractivity contribution < 1.29 is 0 Å². The molecule has 0 heteroatoms. The van der Waals surface area contributed by atoms with Crippen LogP contribution < -0.4 is 0 Å². The average molecular weight is 190 g/mol. The van der Waals surface area contributed by atoms with E-state index in [9.17, 15) is 0 Å². The summed E-state index contributed by atoms with van der Waals surface area (Å²) in [6.07, 6.45) is 5.72. The Balaban J connectivity index is 2.12. The molecule has 0 unspecified atom stereocenters. The summed E-state index contributed by atoms with van der Waals surface area (Å²) >= 11 is 0. The Morgan fingerprint density at radius 2 is 2.07 bits per heavy atom. The molecule has 3 fully saturated rings. The maximum atomic E-state index is 4.40. The van der Waals surface area contributed by atoms with Gasteiger partial charge in [-0.15, -0.1) is 0 Å². The van der Waals surface area contributed by atoms with Crippen LogP contribution >= 0.6 is 0 Å². The van der Waals surface area contributed by atoms with Gasteiger partial charge in [-0.3, -0.25) is 0 Å². The normalized spacial score (nSPS) is 60.8. The minimum absolute atomic E-state index is 0.493. The number of hydrogen-bond acceptors (Lipinski definition) is 0. The van der Waals surface area contributed by atoms with Gasteiger partial charge in [0.25, 0.3) is 0 Å². The van der Waals surface area contributed by atoms with Crippen LogP contribution in [-0.4, -0.2) is 0 Å². The van der Waals surface area contributed by atoms with Crippen LogP contribution in [0, 0.1) is 28.6 Å². The van der Waals surface area contributed by atoms with Crippen LogP contribution in [0.4, 0.5) is 0 Å². The molecule has 0 N–H and O–H groups in total. The molecular formula is C14H22. The fourth-order valence-corrected chi connectivity index (χ4v) is 5.05. The fraction of sp³-hybridized carbons (Fsp3) is 0.857. The molecule has 0 nitrogen and oxygen atoms in total. The van der Waals surface area contributed by atoms with E-state index >= 15 is 0 Å². The number of fused-ring (bicyclic) bond motifs is 1. The van der Waals surface area contributed by atoms with Crippen LogP contribution in [0.15, 0.2) is 12.2 Å². The van der Waals surface area contributed by atoms with Crippen molar-refractivity contribution >= 4 is 0 Å². The zero-order valence-electron chi connectivity index (χ0n) is 9.77. The smallest absolute Gasteiger partial charge is 0.00595 e. The topological polar surface area (TPSA) is 0 Å². The van der Waals surface area contributed by atoms with E-state index in [1.807, 2.05) is 0 Å². The van der Waals surface area contributed by atoms with Gasteiger partial charge in [0, 0.05) is 0 Å². The highest BCUT2D eigenvalue weighted by molar-refractivity contribution is 5.31. The molecule has 0 amide bonds. The lowest BCUT2D eigenvalue weighted by Crippen LogP contribution is -2.47. The first-order valence-electron chi connectivity index (χ1n) is 6.18. The van der Waals surface area contributed by atoms with E-state index in [0.717, 1.165) is 17.8 Å². The number of rotatable bonds is 0. The molecule has 3 aliphatic carbocycles. The Labute approximate surface area is 87.8 Å². The van der Waals surface area contributed by atoms with Gasteiger partial charge in [-0.1, -0.05) is 32.9 Å². The van der Waals surface area contributed by atoms with Gasteiger partial charge in [-0.05, 0) is 54.3 Å². The Morgan fingerprint density at radius 3 is 2.71 bits per heavy atom. The molecule has 0 aromatic rings. The molecule has 0 heterocycles. The third-order valence-electron chi connectivity index (χ3n) is 6.28. The quantitative estimate of drug-likeness (QED) is 0.506. The summed E-state index contributed by atoms with van der Waals surface area (Å²) in [5.74, 6) is 2.83. The minimum atomic E-state index is 0.493. The average Bonchev–Trinajstić information content (AvgIpc) is 2.58. The van der Waals surface area contributed by atoms with E-state index in [0.29, 0.717) is 10.8 Å². The first kappa shape index (κ1) is 9.00. The number of hydrogen-bond donors (Lipinski definition) is 0. The van der Waals surface area contributed by atoms with Crippen molar-refractivity contribution in [2.45, 2.75) is 46.5 Å². The lowest BCUT2D eigenvalue weighted by Gasteiger charge is -2.55. The second-order valence-electron chi connectivity index (χ2n) is 6.53. The van der Waals surface area contributed by atoms with Crippen molar-refractivity contribution in [1.29, 1.82) is 0 Å². The standard InChI is InChI=1S/C14H22/c1-9-5-6-13(3)10(2)11-7-12(9)14(13,4)8-11/h9,11-12H,2,5-8H2,1,3-4H3/t9-,11+,12+,13+,14+/m0/s1. The zero-order valence-corrected chi connectivity index (χ0v) is 9.77. The van der Waals surface area contributed by atoms with Crippen LogP contribution in [0.5, 0.6) is 0 Å². The first-order valence-corrected chi connectivity index (χ1v) is 6.18. The van der Waals surface area contributed by atoms with Crippen LogP contribution in [-0.2, 0) is 0 Å². The predicted molar refractivity (Wildman–Crippen MR) is 60.0 cm³/mol. The molecule has 0 aromatic carbocycles. The van der Waals surface area contributed by atoms with E-state index in [-0.39, 0.29) is 0 Å². The summed E-state index contributed by atoms with van der Waals surface area (Å²) in [6.45, 7) is 11.9. The summed E-state index contributed by atoms with van der Waals surface area (Å²) in [6, 6.07) is 0. The molecule has 0 spiro atoms. The molecule has 3 rings (SSSR count). The Morgan fingerprint density at radius 1 is 1.36 bits per heavy atom. The molecule has 3 saturated carbocycles. The molecule has 2 bridgehead atoms. The van der Waals surface area contributed by atoms with Crippen LogP contribution in [0.25, 0.3) is 0 Å². The van der Waals surface area contributed by atoms with Gasteiger partial charge in [0.15, 0.2) is 0 Å². The Hall–Kier alpha value is -0.260. The fourth-order valence-electron chi connectivity index (χ4n) is 5.05. The van der Waals surface area contributed by atoms with E-state index in [4.69, 9.17) is 0 Å². The Bertz CT molecular complexity index is 303. The summed E-state index contributed by atoms with van der Waals surface area (Å²) in [4.78, 5) is 0. The molecule has 0 saturated heterocycles. The van der Waals surface area contributed by atoms with Crippen molar-refractivity contribution in [2.75, 3.05) is 0 Å². The van der Waals surface area contributed by atoms with E-state index < -0.39 is 0 Å². The molecular weight excluding hydrogens is 168 g/mol. The summed E-state index contributed by atoms with van der Waals surface area (Å²) in [5, 5.41) is 0. The van der Waals surface area contributed by atoms with Gasteiger partial charge >= 0.3 is 0 Å². The van der Waals surface area contributed by atoms with Gasteiger partial charge in [-0.25, -0.2) is 0 Å². The molecule has 0 radical (unpaired) electrons. The molecule has 3 aliphatic rings. The predicted octanol–water partition coefficient (Wildman–Crippen LogP) is 4.02. The van der Waals surface area contributed by atoms with Gasteiger partial charge in [0.1, 0.15) is 0 Å².